The van der Waals surface area contributed by atoms with Gasteiger partial charge in [0, 0.05) is 5.70 Å². The molecule has 0 saturated heterocycles. The van der Waals surface area contributed by atoms with Crippen molar-refractivity contribution in [2.45, 2.75) is 19.9 Å². The molecule has 1 aliphatic rings. The van der Waals surface area contributed by atoms with Crippen LogP contribution in [0, 0.1) is 5.82 Å². The van der Waals surface area contributed by atoms with E-state index in [0.717, 1.165) is 5.56 Å². The summed E-state index contributed by atoms with van der Waals surface area (Å²) in [5, 5.41) is 0. The molecule has 1 unspecified atom stereocenters. The van der Waals surface area contributed by atoms with Gasteiger partial charge in [-0.3, -0.25) is 9.36 Å². The molecular weight excluding hydrogens is 403 g/mol. The van der Waals surface area contributed by atoms with Gasteiger partial charge in [0.25, 0.3) is 5.56 Å². The highest BCUT2D eigenvalue weighted by atomic mass is 32.1. The van der Waals surface area contributed by atoms with Gasteiger partial charge >= 0.3 is 5.97 Å². The van der Waals surface area contributed by atoms with Crippen LogP contribution < -0.4 is 14.9 Å². The van der Waals surface area contributed by atoms with Crippen LogP contribution in [-0.2, 0) is 9.53 Å². The maximum atomic E-state index is 13.2. The van der Waals surface area contributed by atoms with Gasteiger partial charge in [0.1, 0.15) is 11.9 Å². The van der Waals surface area contributed by atoms with Crippen molar-refractivity contribution in [1.29, 1.82) is 0 Å². The Labute approximate surface area is 176 Å². The smallest absolute Gasteiger partial charge is 0.338 e. The van der Waals surface area contributed by atoms with Gasteiger partial charge in [-0.1, -0.05) is 53.8 Å². The number of nitrogens with zero attached hydrogens (tertiary/aromatic N) is 2. The average molecular weight is 422 g/mol. The fraction of sp³-hybridized carbons (Fsp3) is 0.174. The highest BCUT2D eigenvalue weighted by Gasteiger charge is 2.31. The second kappa shape index (κ2) is 8.20. The summed E-state index contributed by atoms with van der Waals surface area (Å²) >= 11 is 1.24. The Balaban J connectivity index is 1.94. The Bertz CT molecular complexity index is 1310. The Morgan fingerprint density at radius 2 is 1.90 bits per heavy atom. The predicted molar refractivity (Wildman–Crippen MR) is 114 cm³/mol. The third-order valence-corrected chi connectivity index (χ3v) is 5.81. The molecule has 2 aromatic carbocycles. The largest absolute Gasteiger partial charge is 0.463 e. The lowest BCUT2D eigenvalue weighted by molar-refractivity contribution is -0.138. The van der Waals surface area contributed by atoms with E-state index in [1.807, 2.05) is 30.3 Å². The summed E-state index contributed by atoms with van der Waals surface area (Å²) in [6.45, 7) is 3.70. The fourth-order valence-corrected chi connectivity index (χ4v) is 4.44. The summed E-state index contributed by atoms with van der Waals surface area (Å²) in [6.07, 6.45) is 1.70. The fourth-order valence-electron chi connectivity index (χ4n) is 3.40. The van der Waals surface area contributed by atoms with E-state index in [9.17, 15) is 14.0 Å². The number of thiazole rings is 1. The highest BCUT2D eigenvalue weighted by Crippen LogP contribution is 2.31. The second-order valence-electron chi connectivity index (χ2n) is 6.75. The van der Waals surface area contributed by atoms with Gasteiger partial charge in [0.15, 0.2) is 4.80 Å². The number of hydrogen-bond acceptors (Lipinski definition) is 5. The van der Waals surface area contributed by atoms with E-state index < -0.39 is 12.0 Å². The van der Waals surface area contributed by atoms with Crippen LogP contribution in [0.25, 0.3) is 11.8 Å². The zero-order chi connectivity index (χ0) is 21.3. The molecule has 0 aliphatic carbocycles. The van der Waals surface area contributed by atoms with Crippen LogP contribution in [0.15, 0.2) is 70.0 Å². The van der Waals surface area contributed by atoms with Crippen LogP contribution in [0.4, 0.5) is 4.39 Å². The summed E-state index contributed by atoms with van der Waals surface area (Å²) < 4.78 is 20.4. The molecule has 4 rings (SSSR count). The molecule has 30 heavy (non-hydrogen) atoms. The first-order chi connectivity index (χ1) is 14.5. The van der Waals surface area contributed by atoms with Gasteiger partial charge in [-0.05, 0) is 43.2 Å². The number of allylic oxidation sites excluding steroid dienone is 1. The number of aromatic nitrogens is 1. The number of benzene rings is 2. The molecule has 152 valence electrons. The standard InChI is InChI=1S/C23H19FN2O3S/c1-3-29-22(28)19-14(2)26-21(27)18(13-15-9-11-17(24)12-10-15)30-23(26)25-20(19)16-7-5-4-6-8-16/h4-13,20H,3H2,1-2H3/b18-13+. The van der Waals surface area contributed by atoms with Crippen molar-refractivity contribution in [3.05, 3.63) is 96.8 Å². The van der Waals surface area contributed by atoms with Crippen molar-refractivity contribution < 1.29 is 13.9 Å². The molecule has 0 fully saturated rings. The van der Waals surface area contributed by atoms with E-state index in [0.29, 0.717) is 26.2 Å². The first kappa shape index (κ1) is 20.0. The van der Waals surface area contributed by atoms with Crippen LogP contribution in [0.2, 0.25) is 0 Å². The number of fused-ring (bicyclic) bond motifs is 1. The first-order valence-electron chi connectivity index (χ1n) is 9.49. The third-order valence-electron chi connectivity index (χ3n) is 4.82. The number of hydrogen-bond donors (Lipinski definition) is 0. The van der Waals surface area contributed by atoms with Gasteiger partial charge in [-0.25, -0.2) is 14.2 Å². The molecule has 0 saturated carbocycles. The van der Waals surface area contributed by atoms with Crippen LogP contribution in [0.1, 0.15) is 31.0 Å². The number of carbonyl (C=O) groups is 1. The zero-order valence-electron chi connectivity index (χ0n) is 16.5. The molecule has 5 nitrogen and oxygen atoms in total. The second-order valence-corrected chi connectivity index (χ2v) is 7.76. The highest BCUT2D eigenvalue weighted by molar-refractivity contribution is 7.07. The normalized spacial score (nSPS) is 16.2. The Hall–Kier alpha value is -3.32. The lowest BCUT2D eigenvalue weighted by Crippen LogP contribution is -2.35. The van der Waals surface area contributed by atoms with Gasteiger partial charge in [-0.2, -0.15) is 0 Å². The van der Waals surface area contributed by atoms with E-state index in [1.54, 1.807) is 32.1 Å². The van der Waals surface area contributed by atoms with Crippen molar-refractivity contribution in [2.75, 3.05) is 6.61 Å². The van der Waals surface area contributed by atoms with Gasteiger partial charge in [0.2, 0.25) is 0 Å². The van der Waals surface area contributed by atoms with E-state index >= 15 is 0 Å². The molecule has 1 aliphatic heterocycles. The minimum absolute atomic E-state index is 0.228. The van der Waals surface area contributed by atoms with Crippen LogP contribution >= 0.6 is 11.3 Å². The monoisotopic (exact) mass is 422 g/mol. The van der Waals surface area contributed by atoms with Gasteiger partial charge < -0.3 is 4.74 Å². The lowest BCUT2D eigenvalue weighted by Gasteiger charge is -2.22. The number of esters is 1. The maximum Gasteiger partial charge on any atom is 0.338 e. The first-order valence-corrected chi connectivity index (χ1v) is 10.3. The molecule has 2 heterocycles. The van der Waals surface area contributed by atoms with Crippen molar-refractivity contribution in [3.8, 4) is 0 Å². The molecule has 0 N–H and O–H groups in total. The molecule has 3 aromatic rings. The summed E-state index contributed by atoms with van der Waals surface area (Å²) in [7, 11) is 0. The predicted octanol–water partition coefficient (Wildman–Crippen LogP) is 3.05. The summed E-state index contributed by atoms with van der Waals surface area (Å²) in [6, 6.07) is 14.8. The van der Waals surface area contributed by atoms with Crippen LogP contribution in [0.5, 0.6) is 0 Å². The number of halogens is 1. The minimum atomic E-state index is -0.554. The van der Waals surface area contributed by atoms with E-state index in [1.165, 1.54) is 28.0 Å². The maximum absolute atomic E-state index is 13.2. The van der Waals surface area contributed by atoms with Crippen molar-refractivity contribution in [3.63, 3.8) is 0 Å². The van der Waals surface area contributed by atoms with Crippen LogP contribution in [0.3, 0.4) is 0 Å². The quantitative estimate of drug-likeness (QED) is 0.608. The van der Waals surface area contributed by atoms with Crippen molar-refractivity contribution in [1.82, 2.24) is 4.57 Å². The van der Waals surface area contributed by atoms with Gasteiger partial charge in [0.05, 0.1) is 16.7 Å². The Morgan fingerprint density at radius 3 is 2.57 bits per heavy atom. The Morgan fingerprint density at radius 1 is 1.20 bits per heavy atom. The number of carbonyl (C=O) groups excluding carboxylic acids is 1. The summed E-state index contributed by atoms with van der Waals surface area (Å²) in [4.78, 5) is 31.1. The topological polar surface area (TPSA) is 60.7 Å². The van der Waals surface area contributed by atoms with E-state index in [4.69, 9.17) is 9.73 Å². The molecule has 0 spiro atoms. The minimum Gasteiger partial charge on any atom is -0.463 e. The summed E-state index contributed by atoms with van der Waals surface area (Å²) in [5.41, 5.74) is 2.14. The average Bonchev–Trinajstić information content (AvgIpc) is 3.06. The Kier molecular flexibility index (Phi) is 5.46. The zero-order valence-corrected chi connectivity index (χ0v) is 17.3. The molecule has 1 atom stereocenters. The summed E-state index contributed by atoms with van der Waals surface area (Å²) in [5.74, 6) is -0.826. The van der Waals surface area contributed by atoms with E-state index in [2.05, 4.69) is 0 Å². The molecule has 1 aromatic heterocycles. The molecular formula is C23H19FN2O3S. The molecule has 7 heteroatoms. The lowest BCUT2D eigenvalue weighted by atomic mass is 9.97. The molecule has 0 bridgehead atoms. The van der Waals surface area contributed by atoms with Crippen molar-refractivity contribution >= 4 is 29.1 Å². The molecule has 0 radical (unpaired) electrons. The third kappa shape index (κ3) is 3.64. The number of rotatable bonds is 4. The van der Waals surface area contributed by atoms with Gasteiger partial charge in [-0.15, -0.1) is 0 Å². The SMILES string of the molecule is CCOC(=O)C1=C(C)n2c(s/c(=C/c3ccc(F)cc3)c2=O)=NC1c1ccccc1. The van der Waals surface area contributed by atoms with E-state index in [-0.39, 0.29) is 18.0 Å². The van der Waals surface area contributed by atoms with Crippen molar-refractivity contribution in [2.24, 2.45) is 4.99 Å². The van der Waals surface area contributed by atoms with Crippen LogP contribution in [-0.4, -0.2) is 17.1 Å². The molecule has 0 amide bonds. The number of ether oxygens (including phenoxy) is 1.